The lowest BCUT2D eigenvalue weighted by atomic mass is 10.2. The van der Waals surface area contributed by atoms with Crippen molar-refractivity contribution in [1.29, 1.82) is 5.26 Å². The van der Waals surface area contributed by atoms with E-state index >= 15 is 0 Å². The molecule has 102 valence electrons. The Labute approximate surface area is 132 Å². The van der Waals surface area contributed by atoms with E-state index in [4.69, 9.17) is 27.9 Å². The van der Waals surface area contributed by atoms with Crippen LogP contribution in [0.4, 0.5) is 0 Å². The lowest BCUT2D eigenvalue weighted by Gasteiger charge is -2.11. The molecule has 0 heterocycles. The van der Waals surface area contributed by atoms with Gasteiger partial charge < -0.3 is 4.74 Å². The monoisotopic (exact) mass is 323 g/mol. The van der Waals surface area contributed by atoms with Crippen molar-refractivity contribution >= 4 is 35.0 Å². The van der Waals surface area contributed by atoms with Gasteiger partial charge in [-0.1, -0.05) is 42.3 Å². The molecular weight excluding hydrogens is 313 g/mol. The van der Waals surface area contributed by atoms with Gasteiger partial charge in [-0.15, -0.1) is 11.8 Å². The molecule has 0 aliphatic heterocycles. The first-order chi connectivity index (χ1) is 9.67. The van der Waals surface area contributed by atoms with Crippen LogP contribution in [0.5, 0.6) is 11.5 Å². The average molecular weight is 324 g/mol. The molecule has 0 saturated carbocycles. The minimum Gasteiger partial charge on any atom is -0.454 e. The van der Waals surface area contributed by atoms with Crippen LogP contribution in [0.15, 0.2) is 41.3 Å². The summed E-state index contributed by atoms with van der Waals surface area (Å²) < 4.78 is 5.75. The first-order valence-corrected chi connectivity index (χ1v) is 7.69. The molecule has 0 spiro atoms. The van der Waals surface area contributed by atoms with Crippen LogP contribution in [0, 0.1) is 11.3 Å². The maximum Gasteiger partial charge on any atom is 0.147 e. The number of nitriles is 1. The molecule has 0 unspecified atom stereocenters. The summed E-state index contributed by atoms with van der Waals surface area (Å²) in [5.74, 6) is 1.81. The molecule has 0 saturated heterocycles. The zero-order valence-electron chi connectivity index (χ0n) is 10.7. The Bertz CT molecular complexity index is 667. The van der Waals surface area contributed by atoms with Gasteiger partial charge in [0, 0.05) is 4.90 Å². The molecular formula is C15H11Cl2NOS. The Kier molecular flexibility index (Phi) is 5.19. The largest absolute Gasteiger partial charge is 0.454 e. The molecule has 0 aromatic heterocycles. The second kappa shape index (κ2) is 6.90. The maximum atomic E-state index is 9.33. The van der Waals surface area contributed by atoms with Crippen molar-refractivity contribution in [3.8, 4) is 17.6 Å². The van der Waals surface area contributed by atoms with Crippen LogP contribution >= 0.6 is 35.0 Å². The molecule has 5 heteroatoms. The van der Waals surface area contributed by atoms with Gasteiger partial charge in [0.25, 0.3) is 0 Å². The minimum absolute atomic E-state index is 0.339. The number of ether oxygens (including phenoxy) is 1. The number of rotatable bonds is 4. The van der Waals surface area contributed by atoms with Crippen LogP contribution in [-0.2, 0) is 0 Å². The average Bonchev–Trinajstić information content (AvgIpc) is 2.44. The number of hydrogen-bond acceptors (Lipinski definition) is 3. The van der Waals surface area contributed by atoms with E-state index in [0.29, 0.717) is 27.1 Å². The molecule has 2 nitrogen and oxygen atoms in total. The molecule has 0 atom stereocenters. The minimum atomic E-state index is 0.339. The normalized spacial score (nSPS) is 10.1. The molecule has 20 heavy (non-hydrogen) atoms. The highest BCUT2D eigenvalue weighted by molar-refractivity contribution is 7.99. The Morgan fingerprint density at radius 1 is 1.15 bits per heavy atom. The maximum absolute atomic E-state index is 9.33. The predicted octanol–water partition coefficient (Wildman–Crippen LogP) is 5.77. The Hall–Kier alpha value is -1.34. The summed E-state index contributed by atoms with van der Waals surface area (Å²) in [6.45, 7) is 2.03. The zero-order valence-corrected chi connectivity index (χ0v) is 13.0. The summed E-state index contributed by atoms with van der Waals surface area (Å²) in [5, 5.41) is 10.1. The van der Waals surface area contributed by atoms with Gasteiger partial charge >= 0.3 is 0 Å². The topological polar surface area (TPSA) is 33.0 Å². The Balaban J connectivity index is 2.41. The fourth-order valence-electron chi connectivity index (χ4n) is 1.66. The predicted molar refractivity (Wildman–Crippen MR) is 84.1 cm³/mol. The van der Waals surface area contributed by atoms with E-state index in [1.54, 1.807) is 36.0 Å². The number of hydrogen-bond donors (Lipinski definition) is 0. The molecule has 0 bridgehead atoms. The number of thioether (sulfide) groups is 1. The summed E-state index contributed by atoms with van der Waals surface area (Å²) in [6.07, 6.45) is 0. The molecule has 2 aromatic carbocycles. The van der Waals surface area contributed by atoms with Crippen molar-refractivity contribution in [2.45, 2.75) is 11.8 Å². The molecule has 2 aromatic rings. The molecule has 0 radical (unpaired) electrons. The lowest BCUT2D eigenvalue weighted by molar-refractivity contribution is 0.480. The second-order valence-electron chi connectivity index (χ2n) is 3.83. The standard InChI is InChI=1S/C15H11Cl2NOS/c1-2-20-14-8-4-6-12(10(14)9-18)19-13-7-3-5-11(16)15(13)17/h3-8H,2H2,1H3. The summed E-state index contributed by atoms with van der Waals surface area (Å²) in [6, 6.07) is 12.8. The van der Waals surface area contributed by atoms with Crippen LogP contribution in [0.1, 0.15) is 12.5 Å². The zero-order chi connectivity index (χ0) is 14.5. The van der Waals surface area contributed by atoms with Crippen LogP contribution in [0.3, 0.4) is 0 Å². The van der Waals surface area contributed by atoms with E-state index in [2.05, 4.69) is 6.07 Å². The van der Waals surface area contributed by atoms with Gasteiger partial charge in [-0.05, 0) is 30.0 Å². The van der Waals surface area contributed by atoms with Gasteiger partial charge in [-0.2, -0.15) is 5.26 Å². The molecule has 0 amide bonds. The van der Waals surface area contributed by atoms with Crippen molar-refractivity contribution in [2.75, 3.05) is 5.75 Å². The SMILES string of the molecule is CCSc1cccc(Oc2cccc(Cl)c2Cl)c1C#N. The van der Waals surface area contributed by atoms with Gasteiger partial charge in [0.1, 0.15) is 28.2 Å². The van der Waals surface area contributed by atoms with Crippen molar-refractivity contribution in [2.24, 2.45) is 0 Å². The van der Waals surface area contributed by atoms with Gasteiger partial charge in [0.2, 0.25) is 0 Å². The van der Waals surface area contributed by atoms with Crippen molar-refractivity contribution in [3.63, 3.8) is 0 Å². The Morgan fingerprint density at radius 2 is 1.85 bits per heavy atom. The van der Waals surface area contributed by atoms with Crippen LogP contribution in [0.2, 0.25) is 10.0 Å². The van der Waals surface area contributed by atoms with Gasteiger partial charge in [0.05, 0.1) is 5.02 Å². The van der Waals surface area contributed by atoms with Gasteiger partial charge in [0.15, 0.2) is 0 Å². The van der Waals surface area contributed by atoms with Crippen molar-refractivity contribution in [1.82, 2.24) is 0 Å². The highest BCUT2D eigenvalue weighted by Gasteiger charge is 2.12. The third-order valence-electron chi connectivity index (χ3n) is 2.54. The molecule has 0 N–H and O–H groups in total. The Morgan fingerprint density at radius 3 is 2.55 bits per heavy atom. The first-order valence-electron chi connectivity index (χ1n) is 5.95. The van der Waals surface area contributed by atoms with E-state index in [0.717, 1.165) is 10.6 Å². The summed E-state index contributed by atoms with van der Waals surface area (Å²) in [7, 11) is 0. The summed E-state index contributed by atoms with van der Waals surface area (Å²) >= 11 is 13.6. The third kappa shape index (κ3) is 3.21. The van der Waals surface area contributed by atoms with E-state index in [1.165, 1.54) is 0 Å². The van der Waals surface area contributed by atoms with Crippen molar-refractivity contribution in [3.05, 3.63) is 52.0 Å². The van der Waals surface area contributed by atoms with E-state index in [9.17, 15) is 5.26 Å². The third-order valence-corrected chi connectivity index (χ3v) is 4.28. The highest BCUT2D eigenvalue weighted by atomic mass is 35.5. The number of halogens is 2. The molecule has 2 rings (SSSR count). The summed E-state index contributed by atoms with van der Waals surface area (Å²) in [5.41, 5.74) is 0.510. The van der Waals surface area contributed by atoms with Crippen molar-refractivity contribution < 1.29 is 4.74 Å². The van der Waals surface area contributed by atoms with Crippen LogP contribution < -0.4 is 4.74 Å². The molecule has 0 fully saturated rings. The van der Waals surface area contributed by atoms with E-state index in [-0.39, 0.29) is 0 Å². The second-order valence-corrected chi connectivity index (χ2v) is 5.92. The van der Waals surface area contributed by atoms with Gasteiger partial charge in [-0.3, -0.25) is 0 Å². The van der Waals surface area contributed by atoms with E-state index < -0.39 is 0 Å². The van der Waals surface area contributed by atoms with Crippen LogP contribution in [0.25, 0.3) is 0 Å². The quantitative estimate of drug-likeness (QED) is 0.669. The molecule has 0 aliphatic carbocycles. The smallest absolute Gasteiger partial charge is 0.147 e. The van der Waals surface area contributed by atoms with E-state index in [1.807, 2.05) is 19.1 Å². The molecule has 0 aliphatic rings. The fraction of sp³-hybridized carbons (Fsp3) is 0.133. The van der Waals surface area contributed by atoms with Crippen LogP contribution in [-0.4, -0.2) is 5.75 Å². The fourth-order valence-corrected chi connectivity index (χ4v) is 2.77. The van der Waals surface area contributed by atoms with Gasteiger partial charge in [-0.25, -0.2) is 0 Å². The first kappa shape index (κ1) is 15.1. The lowest BCUT2D eigenvalue weighted by Crippen LogP contribution is -1.91. The number of benzene rings is 2. The highest BCUT2D eigenvalue weighted by Crippen LogP contribution is 2.37. The summed E-state index contributed by atoms with van der Waals surface area (Å²) in [4.78, 5) is 0.894. The number of nitrogens with zero attached hydrogens (tertiary/aromatic N) is 1.